The van der Waals surface area contributed by atoms with Gasteiger partial charge in [0.2, 0.25) is 5.91 Å². The van der Waals surface area contributed by atoms with E-state index in [-0.39, 0.29) is 63.2 Å². The summed E-state index contributed by atoms with van der Waals surface area (Å²) in [6, 6.07) is 1.52. The van der Waals surface area contributed by atoms with E-state index >= 15 is 0 Å². The molecule has 1 aliphatic carbocycles. The summed E-state index contributed by atoms with van der Waals surface area (Å²) in [5.41, 5.74) is -11.3. The molecule has 0 spiro atoms. The van der Waals surface area contributed by atoms with E-state index in [0.717, 1.165) is 18.3 Å². The van der Waals surface area contributed by atoms with Crippen molar-refractivity contribution >= 4 is 49.3 Å². The molecule has 9 nitrogen and oxygen atoms in total. The number of hydrogen-bond donors (Lipinski definition) is 1. The Bertz CT molecular complexity index is 1500. The number of halogens is 8. The average Bonchev–Trinajstić information content (AvgIpc) is 3.40. The molecule has 0 saturated carbocycles. The number of alkyl halides is 6. The standard InChI is InChI=1S/C20H17Cl2F6N3O6S2/c21-13-6-11(37-39(35,36)20(26,27)28)7-14(22)17(13)16(12-3-4-29-18(12)32)9-1-2-10-8-30-31(15(10)5-9)38(33,34)19(23,24)25/h6-9,12,16H,1-5H2,(H,29,32)/t9?,12?,16-/m1/s1. The van der Waals surface area contributed by atoms with Gasteiger partial charge < -0.3 is 9.50 Å². The molecule has 3 atom stereocenters. The number of amides is 1. The fourth-order valence-corrected chi connectivity index (χ4v) is 6.95. The summed E-state index contributed by atoms with van der Waals surface area (Å²) < 4.78 is 129. The molecule has 0 radical (unpaired) electrons. The zero-order valence-corrected chi connectivity index (χ0v) is 22.3. The molecule has 1 fully saturated rings. The second-order valence-electron chi connectivity index (χ2n) is 8.91. The Labute approximate surface area is 227 Å². The molecule has 1 aromatic carbocycles. The number of fused-ring (bicyclic) bond motifs is 1. The minimum absolute atomic E-state index is 0.0235. The number of carbonyl (C=O) groups excluding carboxylic acids is 1. The van der Waals surface area contributed by atoms with E-state index in [2.05, 4.69) is 14.6 Å². The monoisotopic (exact) mass is 643 g/mol. The SMILES string of the molecule is O=C1NCCC1[C@H](c1c(Cl)cc(OS(=O)(=O)C(F)(F)F)cc1Cl)C1CCc2cnn(S(=O)(=O)C(F)(F)F)c2C1. The van der Waals surface area contributed by atoms with Crippen LogP contribution in [0.4, 0.5) is 26.3 Å². The third kappa shape index (κ3) is 5.41. The van der Waals surface area contributed by atoms with Gasteiger partial charge in [0.05, 0.1) is 11.9 Å². The molecule has 39 heavy (non-hydrogen) atoms. The number of hydrogen-bond acceptors (Lipinski definition) is 7. The van der Waals surface area contributed by atoms with Crippen molar-refractivity contribution in [3.8, 4) is 5.75 Å². The van der Waals surface area contributed by atoms with Crippen LogP contribution in [0.15, 0.2) is 18.3 Å². The summed E-state index contributed by atoms with van der Waals surface area (Å²) in [7, 11) is -11.9. The van der Waals surface area contributed by atoms with E-state index in [9.17, 15) is 48.0 Å². The first-order chi connectivity index (χ1) is 17.8. The van der Waals surface area contributed by atoms with Crippen LogP contribution in [0.5, 0.6) is 5.75 Å². The van der Waals surface area contributed by atoms with Gasteiger partial charge in [-0.2, -0.15) is 52.4 Å². The summed E-state index contributed by atoms with van der Waals surface area (Å²) in [6.45, 7) is 0.235. The van der Waals surface area contributed by atoms with Crippen molar-refractivity contribution in [1.29, 1.82) is 0 Å². The molecule has 2 unspecified atom stereocenters. The topological polar surface area (TPSA) is 124 Å². The van der Waals surface area contributed by atoms with Gasteiger partial charge in [-0.25, -0.2) is 0 Å². The van der Waals surface area contributed by atoms with Crippen LogP contribution in [0.25, 0.3) is 0 Å². The van der Waals surface area contributed by atoms with Gasteiger partial charge in [-0.05, 0) is 42.7 Å². The van der Waals surface area contributed by atoms with Gasteiger partial charge in [0.15, 0.2) is 0 Å². The number of nitrogens with one attached hydrogen (secondary N) is 1. The second-order valence-corrected chi connectivity index (χ2v) is 13.0. The fraction of sp³-hybridized carbons (Fsp3) is 0.500. The lowest BCUT2D eigenvalue weighted by molar-refractivity contribution is -0.123. The van der Waals surface area contributed by atoms with Gasteiger partial charge >= 0.3 is 31.2 Å². The minimum atomic E-state index is -6.06. The van der Waals surface area contributed by atoms with E-state index in [1.165, 1.54) is 0 Å². The van der Waals surface area contributed by atoms with E-state index in [1.54, 1.807) is 0 Å². The number of aromatic nitrogens is 2. The van der Waals surface area contributed by atoms with Gasteiger partial charge in [-0.15, -0.1) is 0 Å². The highest BCUT2D eigenvalue weighted by Gasteiger charge is 2.51. The second kappa shape index (κ2) is 9.99. The molecule has 4 rings (SSSR count). The van der Waals surface area contributed by atoms with Crippen LogP contribution >= 0.6 is 23.2 Å². The predicted molar refractivity (Wildman–Crippen MR) is 124 cm³/mol. The molecule has 1 N–H and O–H groups in total. The summed E-state index contributed by atoms with van der Waals surface area (Å²) in [5, 5.41) is 5.32. The van der Waals surface area contributed by atoms with Crippen molar-refractivity contribution in [3.05, 3.63) is 45.2 Å². The molecule has 2 aliphatic rings. The number of nitrogens with zero attached hydrogens (tertiary/aromatic N) is 2. The van der Waals surface area contributed by atoms with Gasteiger partial charge in [-0.3, -0.25) is 4.79 Å². The largest absolute Gasteiger partial charge is 0.534 e. The van der Waals surface area contributed by atoms with Crippen molar-refractivity contribution in [1.82, 2.24) is 14.5 Å². The van der Waals surface area contributed by atoms with E-state index < -0.39 is 60.6 Å². The Morgan fingerprint density at radius 3 is 2.15 bits per heavy atom. The van der Waals surface area contributed by atoms with Crippen LogP contribution in [-0.4, -0.2) is 49.5 Å². The summed E-state index contributed by atoms with van der Waals surface area (Å²) >= 11 is 12.7. The highest BCUT2D eigenvalue weighted by Crippen LogP contribution is 2.48. The maximum Gasteiger partial charge on any atom is 0.534 e. The van der Waals surface area contributed by atoms with Gasteiger partial charge in [-0.1, -0.05) is 23.2 Å². The number of carbonyl (C=O) groups is 1. The first-order valence-electron chi connectivity index (χ1n) is 11.0. The summed E-state index contributed by atoms with van der Waals surface area (Å²) in [5.74, 6) is -3.81. The molecule has 216 valence electrons. The normalized spacial score (nSPS) is 21.4. The summed E-state index contributed by atoms with van der Waals surface area (Å²) in [6.07, 6.45) is 1.30. The van der Waals surface area contributed by atoms with Gasteiger partial charge in [0, 0.05) is 40.6 Å². The molecule has 0 bridgehead atoms. The van der Waals surface area contributed by atoms with Gasteiger partial charge in [0.1, 0.15) is 5.75 Å². The van der Waals surface area contributed by atoms with E-state index in [4.69, 9.17) is 23.2 Å². The Kier molecular flexibility index (Phi) is 7.62. The molecule has 1 amide bonds. The lowest BCUT2D eigenvalue weighted by Gasteiger charge is -2.35. The highest BCUT2D eigenvalue weighted by molar-refractivity contribution is 7.90. The maximum atomic E-state index is 13.3. The van der Waals surface area contributed by atoms with Crippen molar-refractivity contribution in [2.75, 3.05) is 6.54 Å². The van der Waals surface area contributed by atoms with Crippen LogP contribution in [0.1, 0.15) is 35.6 Å². The molecule has 2 aromatic rings. The van der Waals surface area contributed by atoms with Crippen LogP contribution in [0.2, 0.25) is 10.0 Å². The van der Waals surface area contributed by atoms with Crippen molar-refractivity contribution in [2.45, 2.75) is 42.6 Å². The predicted octanol–water partition coefficient (Wildman–Crippen LogP) is 4.14. The zero-order chi connectivity index (χ0) is 29.1. The number of rotatable bonds is 6. The molecule has 1 saturated heterocycles. The van der Waals surface area contributed by atoms with Crippen molar-refractivity contribution in [3.63, 3.8) is 0 Å². The smallest absolute Gasteiger partial charge is 0.376 e. The molecular formula is C20H17Cl2F6N3O6S2. The van der Waals surface area contributed by atoms with Crippen LogP contribution in [-0.2, 0) is 37.8 Å². The Balaban J connectivity index is 1.77. The quantitative estimate of drug-likeness (QED) is 0.285. The molecule has 2 heterocycles. The Morgan fingerprint density at radius 2 is 1.64 bits per heavy atom. The highest BCUT2D eigenvalue weighted by atomic mass is 35.5. The first-order valence-corrected chi connectivity index (χ1v) is 14.6. The van der Waals surface area contributed by atoms with E-state index in [0.29, 0.717) is 0 Å². The fourth-order valence-electron chi connectivity index (χ4n) is 4.93. The Hall–Kier alpha value is -2.24. The zero-order valence-electron chi connectivity index (χ0n) is 19.2. The average molecular weight is 644 g/mol. The third-order valence-corrected chi connectivity index (χ3v) is 9.55. The molecule has 19 heteroatoms. The number of benzene rings is 1. The van der Waals surface area contributed by atoms with Crippen LogP contribution in [0, 0.1) is 11.8 Å². The Morgan fingerprint density at radius 1 is 1.03 bits per heavy atom. The maximum absolute atomic E-state index is 13.3. The lowest BCUT2D eigenvalue weighted by atomic mass is 9.70. The van der Waals surface area contributed by atoms with Crippen LogP contribution in [0.3, 0.4) is 0 Å². The summed E-state index contributed by atoms with van der Waals surface area (Å²) in [4.78, 5) is 12.7. The minimum Gasteiger partial charge on any atom is -0.376 e. The molecule has 1 aromatic heterocycles. The molecule has 1 aliphatic heterocycles. The van der Waals surface area contributed by atoms with Gasteiger partial charge in [0.25, 0.3) is 0 Å². The first kappa shape index (κ1) is 29.7. The third-order valence-electron chi connectivity index (χ3n) is 6.59. The van der Waals surface area contributed by atoms with Crippen molar-refractivity contribution in [2.24, 2.45) is 11.8 Å². The van der Waals surface area contributed by atoms with Crippen LogP contribution < -0.4 is 9.50 Å². The van der Waals surface area contributed by atoms with E-state index in [1.807, 2.05) is 0 Å². The van der Waals surface area contributed by atoms with Crippen molar-refractivity contribution < 1.29 is 52.2 Å². The number of aryl methyl sites for hydroxylation is 1. The molecular weight excluding hydrogens is 627 g/mol. The lowest BCUT2D eigenvalue weighted by Crippen LogP contribution is -2.35.